The Kier molecular flexibility index (Phi) is 3.07. The number of hydrogen-bond donors (Lipinski definition) is 1. The van der Waals surface area contributed by atoms with Crippen LogP contribution in [0.25, 0.3) is 0 Å². The van der Waals surface area contributed by atoms with E-state index in [1.54, 1.807) is 0 Å². The quantitative estimate of drug-likeness (QED) is 0.803. The lowest BCUT2D eigenvalue weighted by atomic mass is 10.1. The number of nitrogens with zero attached hydrogens (tertiary/aromatic N) is 3. The minimum atomic E-state index is 0.425. The van der Waals surface area contributed by atoms with Crippen molar-refractivity contribution in [3.8, 4) is 0 Å². The average molecular weight is 208 g/mol. The molecule has 15 heavy (non-hydrogen) atoms. The van der Waals surface area contributed by atoms with Crippen molar-refractivity contribution in [2.75, 3.05) is 13.1 Å². The predicted molar refractivity (Wildman–Crippen MR) is 60.4 cm³/mol. The lowest BCUT2D eigenvalue weighted by Gasteiger charge is -2.29. The molecule has 1 aromatic heterocycles. The lowest BCUT2D eigenvalue weighted by Crippen LogP contribution is -2.37. The monoisotopic (exact) mass is 208 g/mol. The van der Waals surface area contributed by atoms with Gasteiger partial charge in [-0.15, -0.1) is 0 Å². The van der Waals surface area contributed by atoms with Crippen LogP contribution >= 0.6 is 0 Å². The van der Waals surface area contributed by atoms with Crippen LogP contribution in [0.5, 0.6) is 0 Å². The van der Waals surface area contributed by atoms with Crippen molar-refractivity contribution < 1.29 is 0 Å². The number of nitrogens with two attached hydrogens (primary N) is 1. The Hall–Kier alpha value is -0.870. The molecule has 0 aromatic carbocycles. The van der Waals surface area contributed by atoms with Crippen LogP contribution < -0.4 is 5.73 Å². The Morgan fingerprint density at radius 1 is 1.67 bits per heavy atom. The summed E-state index contributed by atoms with van der Waals surface area (Å²) in [5.74, 6) is 0. The van der Waals surface area contributed by atoms with E-state index in [1.807, 2.05) is 17.9 Å². The summed E-state index contributed by atoms with van der Waals surface area (Å²) in [7, 11) is 2.00. The molecule has 0 bridgehead atoms. The van der Waals surface area contributed by atoms with E-state index in [0.29, 0.717) is 12.1 Å². The summed E-state index contributed by atoms with van der Waals surface area (Å²) in [5, 5.41) is 4.22. The van der Waals surface area contributed by atoms with Gasteiger partial charge in [0.1, 0.15) is 0 Å². The van der Waals surface area contributed by atoms with E-state index in [-0.39, 0.29) is 0 Å². The largest absolute Gasteiger partial charge is 0.329 e. The predicted octanol–water partition coefficient (Wildman–Crippen LogP) is 0.904. The van der Waals surface area contributed by atoms with Gasteiger partial charge in [-0.3, -0.25) is 9.58 Å². The fourth-order valence-corrected chi connectivity index (χ4v) is 2.58. The number of hydrogen-bond acceptors (Lipinski definition) is 3. The van der Waals surface area contributed by atoms with Gasteiger partial charge in [0.2, 0.25) is 0 Å². The van der Waals surface area contributed by atoms with Crippen LogP contribution in [0.2, 0.25) is 0 Å². The first-order chi connectivity index (χ1) is 7.24. The summed E-state index contributed by atoms with van der Waals surface area (Å²) in [6.07, 6.45) is 4.36. The fraction of sp³-hybridized carbons (Fsp3) is 0.727. The zero-order valence-electron chi connectivity index (χ0n) is 9.56. The highest BCUT2D eigenvalue weighted by Crippen LogP contribution is 2.27. The Morgan fingerprint density at radius 2 is 2.47 bits per heavy atom. The van der Waals surface area contributed by atoms with Crippen molar-refractivity contribution in [3.63, 3.8) is 0 Å². The molecule has 84 valence electrons. The lowest BCUT2D eigenvalue weighted by molar-refractivity contribution is 0.190. The SMILES string of the molecule is CC(c1ccnn1C)N1CCCC1CN. The average Bonchev–Trinajstić information content (AvgIpc) is 2.84. The first kappa shape index (κ1) is 10.6. The molecule has 1 aromatic rings. The van der Waals surface area contributed by atoms with E-state index >= 15 is 0 Å². The summed E-state index contributed by atoms with van der Waals surface area (Å²) in [6, 6.07) is 3.07. The molecule has 1 aliphatic rings. The Labute approximate surface area is 91.1 Å². The van der Waals surface area contributed by atoms with Gasteiger partial charge in [-0.05, 0) is 32.4 Å². The maximum Gasteiger partial charge on any atom is 0.0549 e. The number of likely N-dealkylation sites (tertiary alicyclic amines) is 1. The first-order valence-corrected chi connectivity index (χ1v) is 5.67. The molecule has 0 saturated carbocycles. The van der Waals surface area contributed by atoms with Gasteiger partial charge < -0.3 is 5.73 Å². The molecule has 2 rings (SSSR count). The van der Waals surface area contributed by atoms with Crippen molar-refractivity contribution in [2.24, 2.45) is 12.8 Å². The van der Waals surface area contributed by atoms with Gasteiger partial charge in [-0.2, -0.15) is 5.10 Å². The fourth-order valence-electron chi connectivity index (χ4n) is 2.58. The van der Waals surface area contributed by atoms with Gasteiger partial charge in [-0.1, -0.05) is 0 Å². The molecule has 2 N–H and O–H groups in total. The van der Waals surface area contributed by atoms with Crippen LogP contribution in [-0.4, -0.2) is 33.8 Å². The van der Waals surface area contributed by atoms with Gasteiger partial charge >= 0.3 is 0 Å². The summed E-state index contributed by atoms with van der Waals surface area (Å²) in [5.41, 5.74) is 7.06. The minimum absolute atomic E-state index is 0.425. The molecule has 0 spiro atoms. The topological polar surface area (TPSA) is 47.1 Å². The van der Waals surface area contributed by atoms with Crippen LogP contribution in [0.4, 0.5) is 0 Å². The first-order valence-electron chi connectivity index (χ1n) is 5.67. The van der Waals surface area contributed by atoms with Crippen molar-refractivity contribution in [3.05, 3.63) is 18.0 Å². The van der Waals surface area contributed by atoms with Crippen molar-refractivity contribution in [1.29, 1.82) is 0 Å². The van der Waals surface area contributed by atoms with Crippen LogP contribution in [0.1, 0.15) is 31.5 Å². The third-order valence-electron chi connectivity index (χ3n) is 3.48. The molecule has 2 heterocycles. The smallest absolute Gasteiger partial charge is 0.0549 e. The molecular weight excluding hydrogens is 188 g/mol. The van der Waals surface area contributed by atoms with E-state index in [0.717, 1.165) is 13.1 Å². The third kappa shape index (κ3) is 1.92. The Balaban J connectivity index is 2.13. The van der Waals surface area contributed by atoms with E-state index in [9.17, 15) is 0 Å². The Bertz CT molecular complexity index is 320. The standard InChI is InChI=1S/C11H20N4/c1-9(11-5-6-13-14(11)2)15-7-3-4-10(15)8-12/h5-6,9-10H,3-4,7-8,12H2,1-2H3. The second-order valence-corrected chi connectivity index (χ2v) is 4.33. The normalized spacial score (nSPS) is 24.6. The van der Waals surface area contributed by atoms with E-state index in [2.05, 4.69) is 23.0 Å². The molecule has 0 radical (unpaired) electrons. The summed E-state index contributed by atoms with van der Waals surface area (Å²) < 4.78 is 1.95. The van der Waals surface area contributed by atoms with Gasteiger partial charge in [0.15, 0.2) is 0 Å². The molecule has 4 nitrogen and oxygen atoms in total. The highest BCUT2D eigenvalue weighted by Gasteiger charge is 2.29. The molecule has 1 fully saturated rings. The summed E-state index contributed by atoms with van der Waals surface area (Å²) >= 11 is 0. The molecule has 0 aliphatic carbocycles. The second kappa shape index (κ2) is 4.33. The van der Waals surface area contributed by atoms with Gasteiger partial charge in [0.25, 0.3) is 0 Å². The number of rotatable bonds is 3. The van der Waals surface area contributed by atoms with E-state index < -0.39 is 0 Å². The van der Waals surface area contributed by atoms with Crippen molar-refractivity contribution in [1.82, 2.24) is 14.7 Å². The number of aromatic nitrogens is 2. The molecule has 0 amide bonds. The van der Waals surface area contributed by atoms with Crippen LogP contribution in [0.15, 0.2) is 12.3 Å². The molecule has 1 saturated heterocycles. The van der Waals surface area contributed by atoms with Crippen LogP contribution in [0, 0.1) is 0 Å². The van der Waals surface area contributed by atoms with Crippen LogP contribution in [0.3, 0.4) is 0 Å². The highest BCUT2D eigenvalue weighted by molar-refractivity contribution is 5.07. The van der Waals surface area contributed by atoms with Gasteiger partial charge in [0.05, 0.1) is 5.69 Å². The van der Waals surface area contributed by atoms with E-state index in [4.69, 9.17) is 5.73 Å². The zero-order valence-corrected chi connectivity index (χ0v) is 9.56. The molecule has 4 heteroatoms. The summed E-state index contributed by atoms with van der Waals surface area (Å²) in [6.45, 7) is 4.17. The zero-order chi connectivity index (χ0) is 10.8. The van der Waals surface area contributed by atoms with Crippen LogP contribution in [-0.2, 0) is 7.05 Å². The van der Waals surface area contributed by atoms with Crippen molar-refractivity contribution >= 4 is 0 Å². The third-order valence-corrected chi connectivity index (χ3v) is 3.48. The summed E-state index contributed by atoms with van der Waals surface area (Å²) in [4.78, 5) is 2.50. The number of aryl methyl sites for hydroxylation is 1. The highest BCUT2D eigenvalue weighted by atomic mass is 15.3. The van der Waals surface area contributed by atoms with Crippen molar-refractivity contribution in [2.45, 2.75) is 31.8 Å². The van der Waals surface area contributed by atoms with Gasteiger partial charge in [0, 0.05) is 31.9 Å². The maximum atomic E-state index is 5.79. The molecular formula is C11H20N4. The molecule has 1 aliphatic heterocycles. The Morgan fingerprint density at radius 3 is 3.07 bits per heavy atom. The van der Waals surface area contributed by atoms with E-state index in [1.165, 1.54) is 18.5 Å². The maximum absolute atomic E-state index is 5.79. The molecule has 2 atom stereocenters. The second-order valence-electron chi connectivity index (χ2n) is 4.33. The van der Waals surface area contributed by atoms with Gasteiger partial charge in [-0.25, -0.2) is 0 Å². The minimum Gasteiger partial charge on any atom is -0.329 e. The molecule has 2 unspecified atom stereocenters.